The Balaban J connectivity index is 2.54. The summed E-state index contributed by atoms with van der Waals surface area (Å²) in [5.41, 5.74) is 0.235. The molecule has 0 aromatic rings. The number of carbonyl (C=O) groups excluding carboxylic acids is 3. The van der Waals surface area contributed by atoms with Gasteiger partial charge in [-0.15, -0.1) is 0 Å². The molecule has 0 aromatic carbocycles. The van der Waals surface area contributed by atoms with Crippen LogP contribution >= 0.6 is 0 Å². The zero-order chi connectivity index (χ0) is 15.1. The summed E-state index contributed by atoms with van der Waals surface area (Å²) in [6.07, 6.45) is 2.07. The number of esters is 1. The summed E-state index contributed by atoms with van der Waals surface area (Å²) in [6.45, 7) is 1.43. The van der Waals surface area contributed by atoms with Crippen molar-refractivity contribution in [3.05, 3.63) is 11.6 Å². The van der Waals surface area contributed by atoms with E-state index >= 15 is 0 Å². The first-order valence-electron chi connectivity index (χ1n) is 6.38. The quantitative estimate of drug-likeness (QED) is 0.552. The molecule has 0 amide bonds. The van der Waals surface area contributed by atoms with E-state index in [-0.39, 0.29) is 17.1 Å². The van der Waals surface area contributed by atoms with Gasteiger partial charge in [0.15, 0.2) is 0 Å². The van der Waals surface area contributed by atoms with Gasteiger partial charge in [0.05, 0.1) is 13.0 Å². The van der Waals surface area contributed by atoms with E-state index in [2.05, 4.69) is 0 Å². The third kappa shape index (κ3) is 1.83. The molecule has 2 bridgehead atoms. The monoisotopic (exact) mass is 282 g/mol. The number of carbonyl (C=O) groups is 3. The summed E-state index contributed by atoms with van der Waals surface area (Å²) in [5.74, 6) is -4.35. The molecule has 0 saturated heterocycles. The molecular formula is C14H18O6. The van der Waals surface area contributed by atoms with Crippen molar-refractivity contribution in [2.75, 3.05) is 21.3 Å². The first-order valence-corrected chi connectivity index (χ1v) is 6.38. The number of fused-ring (bicyclic) bond motifs is 2. The van der Waals surface area contributed by atoms with Gasteiger partial charge in [-0.2, -0.15) is 0 Å². The van der Waals surface area contributed by atoms with Crippen LogP contribution in [0.2, 0.25) is 0 Å². The summed E-state index contributed by atoms with van der Waals surface area (Å²) in [5, 5.41) is 0. The lowest BCUT2D eigenvalue weighted by molar-refractivity contribution is -0.240. The van der Waals surface area contributed by atoms with Crippen LogP contribution in [0, 0.1) is 17.8 Å². The zero-order valence-corrected chi connectivity index (χ0v) is 12.0. The van der Waals surface area contributed by atoms with Gasteiger partial charge in [-0.3, -0.25) is 9.59 Å². The smallest absolute Gasteiger partial charge is 0.334 e. The molecule has 0 aromatic heterocycles. The molecule has 0 unspecified atom stereocenters. The van der Waals surface area contributed by atoms with E-state index in [9.17, 15) is 14.4 Å². The van der Waals surface area contributed by atoms with Crippen molar-refractivity contribution in [1.82, 2.24) is 0 Å². The Morgan fingerprint density at radius 2 is 1.85 bits per heavy atom. The second kappa shape index (κ2) is 5.10. The van der Waals surface area contributed by atoms with Crippen molar-refractivity contribution in [2.45, 2.75) is 19.1 Å². The molecule has 0 heterocycles. The number of methoxy groups -OCH3 is 3. The minimum absolute atomic E-state index is 0.122. The number of ether oxygens (including phenoxy) is 3. The minimum Gasteiger partial charge on any atom is -0.466 e. The fourth-order valence-electron chi connectivity index (χ4n) is 3.30. The summed E-state index contributed by atoms with van der Waals surface area (Å²) in [4.78, 5) is 36.3. The number of hydrogen-bond acceptors (Lipinski definition) is 6. The minimum atomic E-state index is -1.41. The van der Waals surface area contributed by atoms with Gasteiger partial charge in [-0.25, -0.2) is 4.79 Å². The second-order valence-corrected chi connectivity index (χ2v) is 5.09. The maximum absolute atomic E-state index is 12.7. The van der Waals surface area contributed by atoms with Crippen LogP contribution in [-0.4, -0.2) is 44.7 Å². The topological polar surface area (TPSA) is 78.9 Å². The van der Waals surface area contributed by atoms with Crippen molar-refractivity contribution >= 4 is 17.5 Å². The van der Waals surface area contributed by atoms with Crippen LogP contribution in [0.25, 0.3) is 0 Å². The lowest BCUT2D eigenvalue weighted by Crippen LogP contribution is -2.61. The Kier molecular flexibility index (Phi) is 3.80. The third-order valence-electron chi connectivity index (χ3n) is 4.29. The average molecular weight is 282 g/mol. The molecule has 110 valence electrons. The van der Waals surface area contributed by atoms with E-state index < -0.39 is 29.5 Å². The largest absolute Gasteiger partial charge is 0.466 e. The van der Waals surface area contributed by atoms with Crippen LogP contribution in [0.5, 0.6) is 0 Å². The molecule has 3 aliphatic carbocycles. The number of Topliss-reactive ketones (excluding diaryl/α,β-unsaturated/α-hetero) is 2. The third-order valence-corrected chi connectivity index (χ3v) is 4.29. The molecule has 3 rings (SSSR count). The van der Waals surface area contributed by atoms with Crippen molar-refractivity contribution in [1.29, 1.82) is 0 Å². The highest BCUT2D eigenvalue weighted by molar-refractivity contribution is 6.06. The molecule has 1 fully saturated rings. The Morgan fingerprint density at radius 3 is 2.25 bits per heavy atom. The van der Waals surface area contributed by atoms with Gasteiger partial charge >= 0.3 is 5.97 Å². The Bertz CT molecular complexity index is 488. The van der Waals surface area contributed by atoms with E-state index in [0.717, 1.165) is 0 Å². The maximum atomic E-state index is 12.7. The van der Waals surface area contributed by atoms with Crippen LogP contribution in [0.15, 0.2) is 11.6 Å². The lowest BCUT2D eigenvalue weighted by Gasteiger charge is -2.48. The zero-order valence-electron chi connectivity index (χ0n) is 12.0. The summed E-state index contributed by atoms with van der Waals surface area (Å²) >= 11 is 0. The van der Waals surface area contributed by atoms with Crippen LogP contribution in [0.4, 0.5) is 0 Å². The van der Waals surface area contributed by atoms with Crippen LogP contribution in [0.1, 0.15) is 13.3 Å². The standard InChI is InChI=1S/C14H18O6/c1-7(15)9-5-8-6-10(13(17)18-2)11(9)12(16)14(8,19-3)20-4/h6,8-9,11H,5H2,1-4H3/t8-,9+,11+/m0/s1. The van der Waals surface area contributed by atoms with Crippen molar-refractivity contribution in [3.8, 4) is 0 Å². The predicted octanol–water partition coefficient (Wildman–Crippen LogP) is 0.499. The van der Waals surface area contributed by atoms with Crippen LogP contribution in [-0.2, 0) is 28.6 Å². The van der Waals surface area contributed by atoms with E-state index in [0.29, 0.717) is 6.42 Å². The summed E-state index contributed by atoms with van der Waals surface area (Å²) in [6, 6.07) is 0. The molecule has 0 aliphatic heterocycles. The SMILES string of the molecule is COC(=O)C1=C[C@@H]2C[C@H](C(C)=O)[C@H]1C(=O)C2(OC)OC. The number of rotatable bonds is 4. The second-order valence-electron chi connectivity index (χ2n) is 5.09. The first kappa shape index (κ1) is 14.9. The Labute approximate surface area is 117 Å². The molecule has 3 atom stereocenters. The normalized spacial score (nSPS) is 30.9. The highest BCUT2D eigenvalue weighted by Gasteiger charge is 2.61. The van der Waals surface area contributed by atoms with Crippen molar-refractivity contribution in [2.24, 2.45) is 17.8 Å². The summed E-state index contributed by atoms with van der Waals surface area (Å²) < 4.78 is 15.3. The fraction of sp³-hybridized carbons (Fsp3) is 0.643. The highest BCUT2D eigenvalue weighted by atomic mass is 16.7. The van der Waals surface area contributed by atoms with E-state index in [1.54, 1.807) is 6.08 Å². The van der Waals surface area contributed by atoms with Crippen molar-refractivity contribution < 1.29 is 28.6 Å². The molecule has 6 nitrogen and oxygen atoms in total. The van der Waals surface area contributed by atoms with E-state index in [1.165, 1.54) is 28.3 Å². The van der Waals surface area contributed by atoms with E-state index in [1.807, 2.05) is 0 Å². The van der Waals surface area contributed by atoms with Gasteiger partial charge in [0.1, 0.15) is 5.78 Å². The predicted molar refractivity (Wildman–Crippen MR) is 67.6 cm³/mol. The molecule has 0 N–H and O–H groups in total. The van der Waals surface area contributed by atoms with Crippen LogP contribution < -0.4 is 0 Å². The number of hydrogen-bond donors (Lipinski definition) is 0. The number of ketones is 2. The molecule has 20 heavy (non-hydrogen) atoms. The lowest BCUT2D eigenvalue weighted by atomic mass is 9.60. The van der Waals surface area contributed by atoms with Gasteiger partial charge in [0.2, 0.25) is 11.6 Å². The average Bonchev–Trinajstić information content (AvgIpc) is 2.46. The van der Waals surface area contributed by atoms with E-state index in [4.69, 9.17) is 14.2 Å². The molecule has 6 heteroatoms. The molecular weight excluding hydrogens is 264 g/mol. The highest BCUT2D eigenvalue weighted by Crippen LogP contribution is 2.49. The van der Waals surface area contributed by atoms with Gasteiger partial charge in [-0.05, 0) is 13.3 Å². The molecule has 1 saturated carbocycles. The van der Waals surface area contributed by atoms with Crippen LogP contribution in [0.3, 0.4) is 0 Å². The van der Waals surface area contributed by atoms with Gasteiger partial charge in [0, 0.05) is 31.6 Å². The Morgan fingerprint density at radius 1 is 1.25 bits per heavy atom. The first-order chi connectivity index (χ1) is 9.42. The molecule has 0 spiro atoms. The molecule has 3 aliphatic rings. The maximum Gasteiger partial charge on any atom is 0.334 e. The molecule has 0 radical (unpaired) electrons. The van der Waals surface area contributed by atoms with Gasteiger partial charge < -0.3 is 14.2 Å². The Hall–Kier alpha value is -1.53. The fourth-order valence-corrected chi connectivity index (χ4v) is 3.30. The van der Waals surface area contributed by atoms with Gasteiger partial charge in [-0.1, -0.05) is 6.08 Å². The van der Waals surface area contributed by atoms with Crippen molar-refractivity contribution in [3.63, 3.8) is 0 Å². The van der Waals surface area contributed by atoms with Gasteiger partial charge in [0.25, 0.3) is 0 Å². The summed E-state index contributed by atoms with van der Waals surface area (Å²) in [7, 11) is 4.02.